The molecule has 0 bridgehead atoms. The van der Waals surface area contributed by atoms with Crippen molar-refractivity contribution in [3.63, 3.8) is 0 Å². The zero-order chi connectivity index (χ0) is 17.9. The molecule has 0 aliphatic carbocycles. The third kappa shape index (κ3) is 4.32. The van der Waals surface area contributed by atoms with E-state index in [1.165, 1.54) is 6.26 Å². The highest BCUT2D eigenvalue weighted by atomic mass is 32.1. The molecule has 6 nitrogen and oxygen atoms in total. The van der Waals surface area contributed by atoms with Crippen LogP contribution in [0.4, 0.5) is 5.00 Å². The molecule has 0 radical (unpaired) electrons. The number of carbonyl (C=O) groups excluding carboxylic acids is 3. The zero-order valence-electron chi connectivity index (χ0n) is 14.0. The number of hydrogen-bond acceptors (Lipinski definition) is 6. The fraction of sp³-hybridized carbons (Fsp3) is 0.353. The van der Waals surface area contributed by atoms with Crippen molar-refractivity contribution in [2.24, 2.45) is 5.41 Å². The maximum atomic E-state index is 12.1. The van der Waals surface area contributed by atoms with Crippen LogP contribution in [0.1, 0.15) is 46.6 Å². The summed E-state index contributed by atoms with van der Waals surface area (Å²) in [6.07, 6.45) is 1.41. The van der Waals surface area contributed by atoms with Gasteiger partial charge in [-0.3, -0.25) is 9.59 Å². The summed E-state index contributed by atoms with van der Waals surface area (Å²) in [5, 5.41) is 3.16. The topological polar surface area (TPSA) is 85.6 Å². The van der Waals surface area contributed by atoms with Gasteiger partial charge in [-0.1, -0.05) is 20.8 Å². The Hall–Kier alpha value is -2.41. The smallest absolute Gasteiger partial charge is 0.349 e. The average Bonchev–Trinajstić information content (AvgIpc) is 3.13. The maximum absolute atomic E-state index is 12.1. The normalized spacial score (nSPS) is 11.2. The van der Waals surface area contributed by atoms with Gasteiger partial charge in [0.15, 0.2) is 18.2 Å². The molecule has 0 unspecified atom stereocenters. The van der Waals surface area contributed by atoms with Crippen molar-refractivity contribution in [2.45, 2.75) is 27.7 Å². The van der Waals surface area contributed by atoms with Gasteiger partial charge in [0.2, 0.25) is 0 Å². The van der Waals surface area contributed by atoms with Crippen molar-refractivity contribution in [1.29, 1.82) is 0 Å². The number of thiophene rings is 1. The van der Waals surface area contributed by atoms with Crippen molar-refractivity contribution in [3.05, 3.63) is 40.7 Å². The van der Waals surface area contributed by atoms with Crippen molar-refractivity contribution in [1.82, 2.24) is 0 Å². The van der Waals surface area contributed by atoms with Crippen LogP contribution in [0.3, 0.4) is 0 Å². The van der Waals surface area contributed by atoms with E-state index in [1.54, 1.807) is 45.9 Å². The van der Waals surface area contributed by atoms with Crippen LogP contribution in [0.15, 0.2) is 28.9 Å². The average molecular weight is 349 g/mol. The molecule has 128 valence electrons. The van der Waals surface area contributed by atoms with Gasteiger partial charge < -0.3 is 14.5 Å². The fourth-order valence-electron chi connectivity index (χ4n) is 1.74. The summed E-state index contributed by atoms with van der Waals surface area (Å²) in [5.41, 5.74) is 0.107. The minimum absolute atomic E-state index is 0.156. The van der Waals surface area contributed by atoms with Crippen molar-refractivity contribution >= 4 is 34.0 Å². The Morgan fingerprint density at radius 2 is 2.00 bits per heavy atom. The minimum Gasteiger partial charge on any atom is -0.459 e. The molecule has 0 aliphatic heterocycles. The van der Waals surface area contributed by atoms with Gasteiger partial charge in [-0.15, -0.1) is 11.3 Å². The number of furan rings is 1. The number of hydrogen-bond donors (Lipinski definition) is 1. The molecule has 1 amide bonds. The quantitative estimate of drug-likeness (QED) is 0.832. The summed E-state index contributed by atoms with van der Waals surface area (Å²) < 4.78 is 10.1. The van der Waals surface area contributed by atoms with Crippen LogP contribution in [0, 0.1) is 12.3 Å². The van der Waals surface area contributed by atoms with Crippen molar-refractivity contribution < 1.29 is 23.5 Å². The van der Waals surface area contributed by atoms with E-state index in [1.807, 2.05) is 0 Å². The first-order valence-corrected chi connectivity index (χ1v) is 8.16. The van der Waals surface area contributed by atoms with E-state index < -0.39 is 17.3 Å². The largest absolute Gasteiger partial charge is 0.459 e. The van der Waals surface area contributed by atoms with Gasteiger partial charge >= 0.3 is 5.97 Å². The number of ketones is 1. The summed E-state index contributed by atoms with van der Waals surface area (Å²) in [6.45, 7) is 6.76. The highest BCUT2D eigenvalue weighted by molar-refractivity contribution is 7.18. The number of anilines is 1. The molecule has 2 aromatic heterocycles. The highest BCUT2D eigenvalue weighted by Gasteiger charge is 2.24. The third-order valence-electron chi connectivity index (χ3n) is 3.26. The Balaban J connectivity index is 2.01. The van der Waals surface area contributed by atoms with Gasteiger partial charge in [-0.2, -0.15) is 0 Å². The standard InChI is InChI=1S/C17H19NO5S/c1-10-8-13(18-15(20)11-6-5-7-22-11)24-14(10)16(21)23-9-12(19)17(2,3)4/h5-8H,9H2,1-4H3,(H,18,20). The number of carbonyl (C=O) groups is 3. The van der Waals surface area contributed by atoms with E-state index in [4.69, 9.17) is 9.15 Å². The van der Waals surface area contributed by atoms with E-state index in [0.717, 1.165) is 11.3 Å². The molecule has 0 aromatic carbocycles. The second-order valence-corrected chi connectivity index (χ2v) is 7.36. The summed E-state index contributed by atoms with van der Waals surface area (Å²) in [7, 11) is 0. The second kappa shape index (κ2) is 7.00. The number of amides is 1. The molecule has 0 fully saturated rings. The molecule has 0 saturated heterocycles. The predicted molar refractivity (Wildman–Crippen MR) is 90.5 cm³/mol. The first kappa shape index (κ1) is 17.9. The molecule has 0 aliphatic rings. The Morgan fingerprint density at radius 1 is 1.29 bits per heavy atom. The number of rotatable bonds is 5. The number of ether oxygens (including phenoxy) is 1. The molecular weight excluding hydrogens is 330 g/mol. The zero-order valence-corrected chi connectivity index (χ0v) is 14.8. The van der Waals surface area contributed by atoms with Gasteiger partial charge in [0.1, 0.15) is 4.88 Å². The number of esters is 1. The monoisotopic (exact) mass is 349 g/mol. The Morgan fingerprint density at radius 3 is 2.58 bits per heavy atom. The molecule has 0 spiro atoms. The minimum atomic E-state index is -0.575. The molecule has 2 heterocycles. The Labute approximate surface area is 143 Å². The van der Waals surface area contributed by atoms with Gasteiger partial charge in [-0.05, 0) is 30.7 Å². The van der Waals surface area contributed by atoms with Crippen LogP contribution in [0.5, 0.6) is 0 Å². The van der Waals surface area contributed by atoms with Gasteiger partial charge in [-0.25, -0.2) is 4.79 Å². The lowest BCUT2D eigenvalue weighted by atomic mass is 9.91. The summed E-state index contributed by atoms with van der Waals surface area (Å²) in [5.74, 6) is -0.949. The van der Waals surface area contributed by atoms with Crippen molar-refractivity contribution in [2.75, 3.05) is 11.9 Å². The summed E-state index contributed by atoms with van der Waals surface area (Å²) in [6, 6.07) is 4.83. The molecular formula is C17H19NO5S. The summed E-state index contributed by atoms with van der Waals surface area (Å²) in [4.78, 5) is 36.2. The van der Waals surface area contributed by atoms with Crippen LogP contribution in [-0.4, -0.2) is 24.3 Å². The van der Waals surface area contributed by atoms with E-state index in [2.05, 4.69) is 5.32 Å². The van der Waals surface area contributed by atoms with Gasteiger partial charge in [0.25, 0.3) is 5.91 Å². The van der Waals surface area contributed by atoms with Crippen LogP contribution in [0.2, 0.25) is 0 Å². The number of Topliss-reactive ketones (excluding diaryl/α,β-unsaturated/α-hetero) is 1. The van der Waals surface area contributed by atoms with E-state index in [0.29, 0.717) is 15.4 Å². The molecule has 2 rings (SSSR count). The van der Waals surface area contributed by atoms with Crippen molar-refractivity contribution in [3.8, 4) is 0 Å². The lowest BCUT2D eigenvalue weighted by molar-refractivity contribution is -0.129. The molecule has 2 aromatic rings. The molecule has 7 heteroatoms. The summed E-state index contributed by atoms with van der Waals surface area (Å²) >= 11 is 1.09. The Kier molecular flexibility index (Phi) is 5.23. The lowest BCUT2D eigenvalue weighted by Crippen LogP contribution is -2.26. The van der Waals surface area contributed by atoms with Crippen LogP contribution in [0.25, 0.3) is 0 Å². The Bertz CT molecular complexity index is 753. The molecule has 1 N–H and O–H groups in total. The second-order valence-electron chi connectivity index (χ2n) is 6.30. The maximum Gasteiger partial charge on any atom is 0.349 e. The van der Waals surface area contributed by atoms with Gasteiger partial charge in [0.05, 0.1) is 11.3 Å². The molecule has 24 heavy (non-hydrogen) atoms. The first-order valence-electron chi connectivity index (χ1n) is 7.34. The van der Waals surface area contributed by atoms with E-state index in [9.17, 15) is 14.4 Å². The van der Waals surface area contributed by atoms with Crippen LogP contribution in [-0.2, 0) is 9.53 Å². The number of nitrogens with one attached hydrogen (secondary N) is 1. The van der Waals surface area contributed by atoms with E-state index >= 15 is 0 Å². The number of aryl methyl sites for hydroxylation is 1. The van der Waals surface area contributed by atoms with Crippen LogP contribution < -0.4 is 5.32 Å². The third-order valence-corrected chi connectivity index (χ3v) is 4.39. The molecule has 0 atom stereocenters. The lowest BCUT2D eigenvalue weighted by Gasteiger charge is -2.15. The van der Waals surface area contributed by atoms with Gasteiger partial charge in [0, 0.05) is 5.41 Å². The first-order chi connectivity index (χ1) is 11.2. The fourth-order valence-corrected chi connectivity index (χ4v) is 2.70. The SMILES string of the molecule is Cc1cc(NC(=O)c2ccco2)sc1C(=O)OCC(=O)C(C)(C)C. The predicted octanol–water partition coefficient (Wildman–Crippen LogP) is 3.67. The van der Waals surface area contributed by atoms with Crippen LogP contribution >= 0.6 is 11.3 Å². The highest BCUT2D eigenvalue weighted by Crippen LogP contribution is 2.28. The molecule has 0 saturated carbocycles. The van der Waals surface area contributed by atoms with E-state index in [-0.39, 0.29) is 18.2 Å².